The third kappa shape index (κ3) is 3.74. The lowest BCUT2D eigenvalue weighted by atomic mass is 10.0. The van der Waals surface area contributed by atoms with Gasteiger partial charge in [0.1, 0.15) is 0 Å². The standard InChI is InChI=1S/C15H17Cl2N3O2.ClH/c16-11-2-1-3-12(17)13(11)15(22)20-6-4-19(5-7-20)14(21)10-8-18-9-10;/h1-3,10,18H,4-9H2;1H. The van der Waals surface area contributed by atoms with Crippen molar-refractivity contribution in [3.63, 3.8) is 0 Å². The zero-order valence-corrected chi connectivity index (χ0v) is 14.8. The molecule has 2 aliphatic heterocycles. The van der Waals surface area contributed by atoms with Crippen molar-refractivity contribution in [3.8, 4) is 0 Å². The fourth-order valence-corrected chi connectivity index (χ4v) is 3.27. The third-order valence-electron chi connectivity index (χ3n) is 4.19. The van der Waals surface area contributed by atoms with Gasteiger partial charge in [0, 0.05) is 39.3 Å². The zero-order chi connectivity index (χ0) is 15.7. The summed E-state index contributed by atoms with van der Waals surface area (Å²) in [5.74, 6) is 0.106. The molecule has 1 aromatic carbocycles. The number of hydrogen-bond donors (Lipinski definition) is 1. The summed E-state index contributed by atoms with van der Waals surface area (Å²) in [5.41, 5.74) is 0.341. The molecule has 2 amide bonds. The number of nitrogens with one attached hydrogen (secondary N) is 1. The van der Waals surface area contributed by atoms with Crippen molar-refractivity contribution in [2.24, 2.45) is 5.92 Å². The Labute approximate surface area is 151 Å². The molecule has 0 atom stereocenters. The van der Waals surface area contributed by atoms with Crippen LogP contribution in [-0.2, 0) is 4.79 Å². The van der Waals surface area contributed by atoms with Gasteiger partial charge >= 0.3 is 0 Å². The van der Waals surface area contributed by atoms with Crippen LogP contribution in [0.5, 0.6) is 0 Å². The predicted octanol–water partition coefficient (Wildman–Crippen LogP) is 1.92. The molecule has 2 heterocycles. The van der Waals surface area contributed by atoms with Crippen LogP contribution in [0.15, 0.2) is 18.2 Å². The summed E-state index contributed by atoms with van der Waals surface area (Å²) in [6.07, 6.45) is 0. The van der Waals surface area contributed by atoms with Gasteiger partial charge in [0.15, 0.2) is 0 Å². The molecule has 126 valence electrons. The number of carbonyl (C=O) groups is 2. The van der Waals surface area contributed by atoms with E-state index in [0.717, 1.165) is 13.1 Å². The van der Waals surface area contributed by atoms with E-state index >= 15 is 0 Å². The molecule has 2 saturated heterocycles. The highest BCUT2D eigenvalue weighted by Gasteiger charge is 2.32. The van der Waals surface area contributed by atoms with Crippen molar-refractivity contribution in [1.82, 2.24) is 15.1 Å². The maximum absolute atomic E-state index is 12.6. The molecule has 0 aromatic heterocycles. The van der Waals surface area contributed by atoms with E-state index < -0.39 is 0 Å². The maximum atomic E-state index is 12.6. The number of hydrogen-bond acceptors (Lipinski definition) is 3. The van der Waals surface area contributed by atoms with Gasteiger partial charge in [0.25, 0.3) is 5.91 Å². The number of carbonyl (C=O) groups excluding carboxylic acids is 2. The first kappa shape index (κ1) is 18.3. The molecule has 0 unspecified atom stereocenters. The first-order valence-corrected chi connectivity index (χ1v) is 8.06. The minimum atomic E-state index is -0.173. The van der Waals surface area contributed by atoms with Crippen molar-refractivity contribution >= 4 is 47.4 Å². The molecule has 0 bridgehead atoms. The normalized spacial score (nSPS) is 18.2. The van der Waals surface area contributed by atoms with Crippen molar-refractivity contribution in [1.29, 1.82) is 0 Å². The average Bonchev–Trinajstić information content (AvgIpc) is 2.45. The Balaban J connectivity index is 0.00000192. The van der Waals surface area contributed by atoms with Gasteiger partial charge in [-0.15, -0.1) is 12.4 Å². The molecule has 0 spiro atoms. The Hall–Kier alpha value is -1.01. The summed E-state index contributed by atoms with van der Waals surface area (Å²) in [7, 11) is 0. The topological polar surface area (TPSA) is 52.7 Å². The van der Waals surface area contributed by atoms with Crippen LogP contribution in [-0.4, -0.2) is 60.9 Å². The molecule has 2 aliphatic rings. The van der Waals surface area contributed by atoms with Gasteiger partial charge in [-0.3, -0.25) is 9.59 Å². The molecular weight excluding hydrogens is 361 g/mol. The summed E-state index contributed by atoms with van der Waals surface area (Å²) in [6.45, 7) is 3.64. The minimum Gasteiger partial charge on any atom is -0.339 e. The summed E-state index contributed by atoms with van der Waals surface area (Å²) >= 11 is 12.2. The quantitative estimate of drug-likeness (QED) is 0.855. The van der Waals surface area contributed by atoms with Crippen LogP contribution >= 0.6 is 35.6 Å². The van der Waals surface area contributed by atoms with Crippen molar-refractivity contribution in [2.75, 3.05) is 39.3 Å². The van der Waals surface area contributed by atoms with Crippen molar-refractivity contribution in [2.45, 2.75) is 0 Å². The number of benzene rings is 1. The highest BCUT2D eigenvalue weighted by atomic mass is 35.5. The van der Waals surface area contributed by atoms with Gasteiger partial charge in [-0.2, -0.15) is 0 Å². The van der Waals surface area contributed by atoms with E-state index in [1.54, 1.807) is 23.1 Å². The molecule has 3 rings (SSSR count). The Morgan fingerprint density at radius 3 is 2.00 bits per heavy atom. The van der Waals surface area contributed by atoms with Crippen LogP contribution < -0.4 is 5.32 Å². The van der Waals surface area contributed by atoms with Crippen LogP contribution in [0.3, 0.4) is 0 Å². The largest absolute Gasteiger partial charge is 0.339 e. The average molecular weight is 379 g/mol. The molecule has 0 radical (unpaired) electrons. The van der Waals surface area contributed by atoms with E-state index in [1.807, 2.05) is 4.90 Å². The number of nitrogens with zero attached hydrogens (tertiary/aromatic N) is 2. The fourth-order valence-electron chi connectivity index (χ4n) is 2.71. The SMILES string of the molecule is Cl.O=C(c1c(Cl)cccc1Cl)N1CCN(C(=O)C2CNC2)CC1. The lowest BCUT2D eigenvalue weighted by Crippen LogP contribution is -2.57. The molecule has 0 saturated carbocycles. The Kier molecular flexibility index (Phi) is 6.14. The minimum absolute atomic E-state index is 0. The van der Waals surface area contributed by atoms with E-state index in [-0.39, 0.29) is 30.1 Å². The van der Waals surface area contributed by atoms with Crippen molar-refractivity contribution < 1.29 is 9.59 Å². The molecule has 1 N–H and O–H groups in total. The number of halogens is 3. The first-order chi connectivity index (χ1) is 10.6. The number of amides is 2. The van der Waals surface area contributed by atoms with E-state index in [1.165, 1.54) is 0 Å². The molecule has 1 aromatic rings. The molecule has 2 fully saturated rings. The molecule has 8 heteroatoms. The highest BCUT2D eigenvalue weighted by Crippen LogP contribution is 2.26. The summed E-state index contributed by atoms with van der Waals surface area (Å²) in [6, 6.07) is 5.03. The Bertz CT molecular complexity index is 579. The van der Waals surface area contributed by atoms with E-state index in [4.69, 9.17) is 23.2 Å². The lowest BCUT2D eigenvalue weighted by molar-refractivity contribution is -0.138. The van der Waals surface area contributed by atoms with Gasteiger partial charge in [-0.1, -0.05) is 29.3 Å². The first-order valence-electron chi connectivity index (χ1n) is 7.30. The fraction of sp³-hybridized carbons (Fsp3) is 0.467. The van der Waals surface area contributed by atoms with Crippen LogP contribution in [0, 0.1) is 5.92 Å². The van der Waals surface area contributed by atoms with Crippen LogP contribution in [0.1, 0.15) is 10.4 Å². The predicted molar refractivity (Wildman–Crippen MR) is 92.6 cm³/mol. The van der Waals surface area contributed by atoms with E-state index in [0.29, 0.717) is 41.8 Å². The van der Waals surface area contributed by atoms with E-state index in [9.17, 15) is 9.59 Å². The van der Waals surface area contributed by atoms with Gasteiger partial charge in [0.05, 0.1) is 21.5 Å². The van der Waals surface area contributed by atoms with E-state index in [2.05, 4.69) is 5.32 Å². The molecule has 23 heavy (non-hydrogen) atoms. The van der Waals surface area contributed by atoms with Gasteiger partial charge in [-0.25, -0.2) is 0 Å². The summed E-state index contributed by atoms with van der Waals surface area (Å²) < 4.78 is 0. The van der Waals surface area contributed by atoms with Crippen LogP contribution in [0.2, 0.25) is 10.0 Å². The number of piperazine rings is 1. The third-order valence-corrected chi connectivity index (χ3v) is 4.82. The van der Waals surface area contributed by atoms with Crippen LogP contribution in [0.4, 0.5) is 0 Å². The van der Waals surface area contributed by atoms with Gasteiger partial charge < -0.3 is 15.1 Å². The van der Waals surface area contributed by atoms with Gasteiger partial charge in [0.2, 0.25) is 5.91 Å². The van der Waals surface area contributed by atoms with Crippen LogP contribution in [0.25, 0.3) is 0 Å². The molecule has 0 aliphatic carbocycles. The molecular formula is C15H18Cl3N3O2. The van der Waals surface area contributed by atoms with Gasteiger partial charge in [-0.05, 0) is 12.1 Å². The Morgan fingerprint density at radius 2 is 1.52 bits per heavy atom. The monoisotopic (exact) mass is 377 g/mol. The second-order valence-electron chi connectivity index (χ2n) is 5.57. The van der Waals surface area contributed by atoms with Crippen molar-refractivity contribution in [3.05, 3.63) is 33.8 Å². The second kappa shape index (κ2) is 7.71. The summed E-state index contributed by atoms with van der Waals surface area (Å²) in [5, 5.41) is 3.82. The Morgan fingerprint density at radius 1 is 1.00 bits per heavy atom. The zero-order valence-electron chi connectivity index (χ0n) is 12.4. The second-order valence-corrected chi connectivity index (χ2v) is 6.38. The highest BCUT2D eigenvalue weighted by molar-refractivity contribution is 6.39. The smallest absolute Gasteiger partial charge is 0.257 e. The number of rotatable bonds is 2. The summed E-state index contributed by atoms with van der Waals surface area (Å²) in [4.78, 5) is 28.3. The maximum Gasteiger partial charge on any atom is 0.257 e. The molecule has 5 nitrogen and oxygen atoms in total. The lowest BCUT2D eigenvalue weighted by Gasteiger charge is -2.38.